The van der Waals surface area contributed by atoms with Gasteiger partial charge in [-0.1, -0.05) is 19.4 Å². The van der Waals surface area contributed by atoms with Crippen LogP contribution in [0.25, 0.3) is 0 Å². The van der Waals surface area contributed by atoms with Crippen LogP contribution in [0.15, 0.2) is 23.2 Å². The van der Waals surface area contributed by atoms with Crippen molar-refractivity contribution < 1.29 is 9.47 Å². The van der Waals surface area contributed by atoms with Crippen molar-refractivity contribution in [2.45, 2.75) is 26.3 Å². The molecule has 1 N–H and O–H groups in total. The van der Waals surface area contributed by atoms with Crippen molar-refractivity contribution in [1.82, 2.24) is 15.1 Å². The molecule has 1 aliphatic rings. The van der Waals surface area contributed by atoms with E-state index in [-0.39, 0.29) is 24.0 Å². The fraction of sp³-hybridized carbons (Fsp3) is 0.632. The zero-order valence-corrected chi connectivity index (χ0v) is 18.8. The molecule has 0 atom stereocenters. The maximum atomic E-state index is 5.66. The Morgan fingerprint density at radius 2 is 1.88 bits per heavy atom. The van der Waals surface area contributed by atoms with Gasteiger partial charge in [-0.25, -0.2) is 0 Å². The zero-order valence-electron chi connectivity index (χ0n) is 16.5. The van der Waals surface area contributed by atoms with Gasteiger partial charge in [0.25, 0.3) is 0 Å². The van der Waals surface area contributed by atoms with Crippen LogP contribution in [0.1, 0.15) is 25.3 Å². The van der Waals surface area contributed by atoms with Gasteiger partial charge in [-0.2, -0.15) is 0 Å². The van der Waals surface area contributed by atoms with Crippen molar-refractivity contribution in [3.05, 3.63) is 23.8 Å². The Bertz CT molecular complexity index is 568. The molecule has 148 valence electrons. The third-order valence-electron chi connectivity index (χ3n) is 4.27. The fourth-order valence-electron chi connectivity index (χ4n) is 2.82. The maximum absolute atomic E-state index is 5.66. The van der Waals surface area contributed by atoms with E-state index in [0.717, 1.165) is 43.6 Å². The molecule has 0 saturated carbocycles. The summed E-state index contributed by atoms with van der Waals surface area (Å²) in [6, 6.07) is 6.11. The summed E-state index contributed by atoms with van der Waals surface area (Å²) in [5, 5.41) is 3.44. The van der Waals surface area contributed by atoms with Gasteiger partial charge in [0.2, 0.25) is 0 Å². The molecule has 0 saturated heterocycles. The molecule has 26 heavy (non-hydrogen) atoms. The highest BCUT2D eigenvalue weighted by Gasteiger charge is 2.13. The Labute approximate surface area is 175 Å². The van der Waals surface area contributed by atoms with E-state index in [9.17, 15) is 0 Å². The smallest absolute Gasteiger partial charge is 0.193 e. The summed E-state index contributed by atoms with van der Waals surface area (Å²) < 4.78 is 11.2. The maximum Gasteiger partial charge on any atom is 0.193 e. The molecule has 0 amide bonds. The van der Waals surface area contributed by atoms with Gasteiger partial charge in [-0.05, 0) is 37.7 Å². The lowest BCUT2D eigenvalue weighted by molar-refractivity contribution is 0.171. The summed E-state index contributed by atoms with van der Waals surface area (Å²) in [6.45, 7) is 7.26. The second-order valence-corrected chi connectivity index (χ2v) is 6.46. The quantitative estimate of drug-likeness (QED) is 0.355. The Kier molecular flexibility index (Phi) is 10.7. The second-order valence-electron chi connectivity index (χ2n) is 6.46. The molecular weight excluding hydrogens is 443 g/mol. The summed E-state index contributed by atoms with van der Waals surface area (Å²) in [5.74, 6) is 2.56. The highest BCUT2D eigenvalue weighted by Crippen LogP contribution is 2.30. The predicted octanol–water partition coefficient (Wildman–Crippen LogP) is 2.81. The van der Waals surface area contributed by atoms with Crippen molar-refractivity contribution in [3.8, 4) is 11.5 Å². The van der Waals surface area contributed by atoms with Gasteiger partial charge in [-0.3, -0.25) is 4.99 Å². The minimum atomic E-state index is 0. The third-order valence-corrected chi connectivity index (χ3v) is 4.27. The van der Waals surface area contributed by atoms with Crippen LogP contribution < -0.4 is 14.8 Å². The molecule has 1 aromatic rings. The first-order chi connectivity index (χ1) is 12.1. The molecule has 7 heteroatoms. The van der Waals surface area contributed by atoms with E-state index in [0.29, 0.717) is 13.2 Å². The van der Waals surface area contributed by atoms with E-state index in [1.807, 2.05) is 20.2 Å². The lowest BCUT2D eigenvalue weighted by atomic mass is 10.2. The molecule has 1 heterocycles. The van der Waals surface area contributed by atoms with Crippen molar-refractivity contribution in [2.75, 3.05) is 54.0 Å². The Hall–Kier alpha value is -1.22. The summed E-state index contributed by atoms with van der Waals surface area (Å²) in [7, 11) is 6.04. The molecule has 2 rings (SSSR count). The molecular formula is C19H33IN4O2. The first-order valence-electron chi connectivity index (χ1n) is 9.13. The Morgan fingerprint density at radius 1 is 1.15 bits per heavy atom. The number of rotatable bonds is 8. The molecule has 6 nitrogen and oxygen atoms in total. The number of ether oxygens (including phenoxy) is 2. The molecule has 0 spiro atoms. The van der Waals surface area contributed by atoms with Crippen molar-refractivity contribution in [1.29, 1.82) is 0 Å². The Morgan fingerprint density at radius 3 is 2.58 bits per heavy atom. The standard InChI is InChI=1S/C19H32N4O2.HI/c1-5-6-10-22(3)11-9-21-19(20-2)23(4)15-16-7-8-17-18(14-16)25-13-12-24-17;/h7-8,14H,5-6,9-13,15H2,1-4H3,(H,20,21);1H. The number of aliphatic imine (C=N–C) groups is 1. The van der Waals surface area contributed by atoms with E-state index in [1.165, 1.54) is 18.4 Å². The summed E-state index contributed by atoms with van der Waals surface area (Å²) in [6.07, 6.45) is 2.48. The van der Waals surface area contributed by atoms with Gasteiger partial charge in [-0.15, -0.1) is 24.0 Å². The van der Waals surface area contributed by atoms with Crippen molar-refractivity contribution in [2.24, 2.45) is 4.99 Å². The number of guanidine groups is 1. The first kappa shape index (κ1) is 22.8. The monoisotopic (exact) mass is 476 g/mol. The van der Waals surface area contributed by atoms with E-state index < -0.39 is 0 Å². The molecule has 0 radical (unpaired) electrons. The number of unbranched alkanes of at least 4 members (excludes halogenated alkanes) is 1. The van der Waals surface area contributed by atoms with Gasteiger partial charge >= 0.3 is 0 Å². The number of likely N-dealkylation sites (N-methyl/N-ethyl adjacent to an activating group) is 1. The molecule has 0 bridgehead atoms. The van der Waals surface area contributed by atoms with Crippen LogP contribution in [0.2, 0.25) is 0 Å². The van der Waals surface area contributed by atoms with Crippen LogP contribution in [0.5, 0.6) is 11.5 Å². The second kappa shape index (κ2) is 12.2. The molecule has 0 aliphatic carbocycles. The van der Waals surface area contributed by atoms with Crippen molar-refractivity contribution in [3.63, 3.8) is 0 Å². The van der Waals surface area contributed by atoms with Crippen LogP contribution in [0.3, 0.4) is 0 Å². The number of nitrogens with one attached hydrogen (secondary N) is 1. The number of hydrogen-bond acceptors (Lipinski definition) is 4. The minimum Gasteiger partial charge on any atom is -0.486 e. The van der Waals surface area contributed by atoms with Gasteiger partial charge in [0, 0.05) is 33.7 Å². The van der Waals surface area contributed by atoms with Crippen LogP contribution in [0.4, 0.5) is 0 Å². The SMILES string of the molecule is CCCCN(C)CCNC(=NC)N(C)Cc1ccc2c(c1)OCCO2.I. The summed E-state index contributed by atoms with van der Waals surface area (Å²) >= 11 is 0. The molecule has 0 aromatic heterocycles. The van der Waals surface area contributed by atoms with Gasteiger partial charge < -0.3 is 24.6 Å². The molecule has 1 aliphatic heterocycles. The van der Waals surface area contributed by atoms with E-state index in [1.54, 1.807) is 0 Å². The zero-order chi connectivity index (χ0) is 18.1. The van der Waals surface area contributed by atoms with Crippen LogP contribution in [-0.4, -0.2) is 69.8 Å². The molecule has 1 aromatic carbocycles. The average Bonchev–Trinajstić information content (AvgIpc) is 2.63. The van der Waals surface area contributed by atoms with E-state index in [4.69, 9.17) is 9.47 Å². The minimum absolute atomic E-state index is 0. The van der Waals surface area contributed by atoms with Crippen LogP contribution in [-0.2, 0) is 6.54 Å². The third kappa shape index (κ3) is 7.19. The first-order valence-corrected chi connectivity index (χ1v) is 9.13. The largest absolute Gasteiger partial charge is 0.486 e. The van der Waals surface area contributed by atoms with E-state index in [2.05, 4.69) is 46.2 Å². The number of halogens is 1. The van der Waals surface area contributed by atoms with Crippen molar-refractivity contribution >= 4 is 29.9 Å². The number of hydrogen-bond donors (Lipinski definition) is 1. The Balaban J connectivity index is 0.00000338. The molecule has 0 fully saturated rings. The van der Waals surface area contributed by atoms with Gasteiger partial charge in [0.15, 0.2) is 17.5 Å². The molecule has 0 unspecified atom stereocenters. The fourth-order valence-corrected chi connectivity index (χ4v) is 2.82. The van der Waals surface area contributed by atoms with Gasteiger partial charge in [0.05, 0.1) is 0 Å². The number of nitrogens with zero attached hydrogens (tertiary/aromatic N) is 3. The summed E-state index contributed by atoms with van der Waals surface area (Å²) in [4.78, 5) is 8.86. The van der Waals surface area contributed by atoms with Crippen LogP contribution >= 0.6 is 24.0 Å². The van der Waals surface area contributed by atoms with E-state index >= 15 is 0 Å². The lowest BCUT2D eigenvalue weighted by Gasteiger charge is -2.24. The predicted molar refractivity (Wildman–Crippen MR) is 118 cm³/mol. The topological polar surface area (TPSA) is 49.3 Å². The normalized spacial score (nSPS) is 13.3. The average molecular weight is 476 g/mol. The summed E-state index contributed by atoms with van der Waals surface area (Å²) in [5.41, 5.74) is 1.18. The number of benzene rings is 1. The van der Waals surface area contributed by atoms with Gasteiger partial charge in [0.1, 0.15) is 13.2 Å². The number of fused-ring (bicyclic) bond motifs is 1. The van der Waals surface area contributed by atoms with Crippen LogP contribution in [0, 0.1) is 0 Å². The highest BCUT2D eigenvalue weighted by molar-refractivity contribution is 14.0. The lowest BCUT2D eigenvalue weighted by Crippen LogP contribution is -2.41. The highest BCUT2D eigenvalue weighted by atomic mass is 127.